The Morgan fingerprint density at radius 2 is 1.90 bits per heavy atom. The average molecular weight is 404 g/mol. The van der Waals surface area contributed by atoms with Gasteiger partial charge in [-0.1, -0.05) is 12.1 Å². The van der Waals surface area contributed by atoms with Crippen molar-refractivity contribution in [2.75, 3.05) is 14.1 Å². The van der Waals surface area contributed by atoms with Crippen molar-refractivity contribution in [1.82, 2.24) is 19.4 Å². The maximum Gasteiger partial charge on any atom is 0.418 e. The number of nitrogens with zero attached hydrogens (tertiary/aromatic N) is 4. The number of alkyl halides is 3. The molecule has 152 valence electrons. The van der Waals surface area contributed by atoms with Gasteiger partial charge in [0.05, 0.1) is 36.3 Å². The second kappa shape index (κ2) is 8.14. The number of halogens is 3. The van der Waals surface area contributed by atoms with Crippen molar-refractivity contribution in [1.29, 1.82) is 0 Å². The Morgan fingerprint density at radius 3 is 2.48 bits per heavy atom. The normalized spacial score (nSPS) is 11.8. The molecule has 0 bridgehead atoms. The highest BCUT2D eigenvalue weighted by molar-refractivity contribution is 6.10. The molecule has 29 heavy (non-hydrogen) atoms. The summed E-state index contributed by atoms with van der Waals surface area (Å²) >= 11 is 0. The lowest BCUT2D eigenvalue weighted by Crippen LogP contribution is -2.21. The molecule has 0 amide bonds. The van der Waals surface area contributed by atoms with Gasteiger partial charge in [-0.15, -0.1) is 0 Å². The molecule has 0 aliphatic carbocycles. The van der Waals surface area contributed by atoms with Crippen molar-refractivity contribution in [3.8, 4) is 5.69 Å². The van der Waals surface area contributed by atoms with Crippen molar-refractivity contribution in [2.45, 2.75) is 19.3 Å². The summed E-state index contributed by atoms with van der Waals surface area (Å²) in [7, 11) is 3.49. The molecule has 1 aromatic carbocycles. The van der Waals surface area contributed by atoms with Crippen LogP contribution in [0.15, 0.2) is 48.8 Å². The number of carbonyl (C=O) groups excluding carboxylic acids is 1. The van der Waals surface area contributed by atoms with E-state index in [4.69, 9.17) is 0 Å². The Labute approximate surface area is 165 Å². The van der Waals surface area contributed by atoms with Crippen LogP contribution in [0.1, 0.15) is 33.1 Å². The Morgan fingerprint density at radius 1 is 1.14 bits per heavy atom. The molecule has 0 aliphatic heterocycles. The van der Waals surface area contributed by atoms with Crippen LogP contribution in [-0.4, -0.2) is 44.4 Å². The van der Waals surface area contributed by atoms with E-state index in [1.54, 1.807) is 31.1 Å². The van der Waals surface area contributed by atoms with Gasteiger partial charge in [0.25, 0.3) is 0 Å². The fourth-order valence-electron chi connectivity index (χ4n) is 3.04. The molecule has 1 N–H and O–H groups in total. The van der Waals surface area contributed by atoms with Crippen LogP contribution in [0.5, 0.6) is 0 Å². The molecular weight excluding hydrogens is 385 g/mol. The number of aliphatic hydroxyl groups excluding tert-OH is 1. The van der Waals surface area contributed by atoms with Crippen molar-refractivity contribution in [2.24, 2.45) is 0 Å². The van der Waals surface area contributed by atoms with Crippen molar-refractivity contribution in [3.05, 3.63) is 77.1 Å². The molecule has 0 atom stereocenters. The fraction of sp³-hybridized carbons (Fsp3) is 0.250. The first-order chi connectivity index (χ1) is 13.7. The number of aromatic nitrogens is 3. The molecule has 0 saturated carbocycles. The third-order valence-electron chi connectivity index (χ3n) is 4.23. The van der Waals surface area contributed by atoms with Crippen molar-refractivity contribution in [3.63, 3.8) is 0 Å². The molecule has 0 radical (unpaired) electrons. The first-order valence-electron chi connectivity index (χ1n) is 8.71. The summed E-state index contributed by atoms with van der Waals surface area (Å²) in [6.45, 7) is -0.326. The van der Waals surface area contributed by atoms with Gasteiger partial charge < -0.3 is 10.0 Å². The van der Waals surface area contributed by atoms with Crippen LogP contribution in [0.25, 0.3) is 5.69 Å². The van der Waals surface area contributed by atoms with Crippen LogP contribution in [0.4, 0.5) is 13.2 Å². The maximum absolute atomic E-state index is 13.9. The number of rotatable bonds is 6. The zero-order valence-electron chi connectivity index (χ0n) is 15.8. The predicted octanol–water partition coefficient (Wildman–Crippen LogP) is 3.07. The van der Waals surface area contributed by atoms with Crippen LogP contribution in [0.2, 0.25) is 0 Å². The molecule has 0 saturated heterocycles. The van der Waals surface area contributed by atoms with Crippen LogP contribution in [-0.2, 0) is 19.3 Å². The summed E-state index contributed by atoms with van der Waals surface area (Å²) < 4.78 is 42.9. The number of hydrogen-bond donors (Lipinski definition) is 1. The number of carbonyl (C=O) groups is 1. The van der Waals surface area contributed by atoms with E-state index in [0.717, 1.165) is 6.07 Å². The van der Waals surface area contributed by atoms with E-state index in [1.165, 1.54) is 35.2 Å². The van der Waals surface area contributed by atoms with Crippen LogP contribution in [0.3, 0.4) is 0 Å². The van der Waals surface area contributed by atoms with Gasteiger partial charge >= 0.3 is 6.18 Å². The van der Waals surface area contributed by atoms with E-state index >= 15 is 0 Å². The highest BCUT2D eigenvalue weighted by Gasteiger charge is 2.37. The summed E-state index contributed by atoms with van der Waals surface area (Å²) in [6, 6.07) is 8.05. The lowest BCUT2D eigenvalue weighted by molar-refractivity contribution is -0.137. The topological polar surface area (TPSA) is 71.2 Å². The van der Waals surface area contributed by atoms with Crippen molar-refractivity contribution < 1.29 is 23.1 Å². The number of benzene rings is 1. The zero-order chi connectivity index (χ0) is 21.2. The minimum absolute atomic E-state index is 0.0212. The van der Waals surface area contributed by atoms with Gasteiger partial charge in [-0.05, 0) is 38.4 Å². The number of imidazole rings is 1. The maximum atomic E-state index is 13.9. The second-order valence-electron chi connectivity index (χ2n) is 6.64. The number of ketones is 1. The zero-order valence-corrected chi connectivity index (χ0v) is 15.8. The number of hydrogen-bond acceptors (Lipinski definition) is 5. The van der Waals surface area contributed by atoms with E-state index in [1.807, 2.05) is 0 Å². The Bertz CT molecular complexity index is 1010. The quantitative estimate of drug-likeness (QED) is 0.640. The number of para-hydroxylation sites is 1. The van der Waals surface area contributed by atoms with Crippen LogP contribution in [0, 0.1) is 0 Å². The smallest absolute Gasteiger partial charge is 0.390 e. The first kappa shape index (κ1) is 20.7. The van der Waals surface area contributed by atoms with Gasteiger partial charge in [0.2, 0.25) is 5.78 Å². The van der Waals surface area contributed by atoms with Gasteiger partial charge in [0.1, 0.15) is 11.5 Å². The van der Waals surface area contributed by atoms with Gasteiger partial charge in [-0.3, -0.25) is 14.3 Å². The van der Waals surface area contributed by atoms with Crippen LogP contribution < -0.4 is 0 Å². The SMILES string of the molecule is CN(C)Cc1ncc(CO)n1-c1c(C(=O)c2ccccn2)cccc1C(F)(F)F. The Balaban J connectivity index is 2.33. The highest BCUT2D eigenvalue weighted by atomic mass is 19.4. The number of aliphatic hydroxyl groups is 1. The molecule has 2 aromatic heterocycles. The molecule has 0 aliphatic rings. The number of pyridine rings is 1. The summed E-state index contributed by atoms with van der Waals surface area (Å²) in [5.74, 6) is -0.383. The van der Waals surface area contributed by atoms with E-state index in [-0.39, 0.29) is 35.0 Å². The van der Waals surface area contributed by atoms with Gasteiger partial charge in [0.15, 0.2) is 0 Å². The van der Waals surface area contributed by atoms with Gasteiger partial charge in [-0.2, -0.15) is 13.2 Å². The monoisotopic (exact) mass is 404 g/mol. The van der Waals surface area contributed by atoms with Crippen LogP contribution >= 0.6 is 0 Å². The predicted molar refractivity (Wildman–Crippen MR) is 99.5 cm³/mol. The molecular formula is C20H19F3N4O2. The summed E-state index contributed by atoms with van der Waals surface area (Å²) in [5.41, 5.74) is -1.37. The molecule has 2 heterocycles. The second-order valence-corrected chi connectivity index (χ2v) is 6.64. The molecule has 9 heteroatoms. The molecule has 3 aromatic rings. The molecule has 0 spiro atoms. The minimum Gasteiger partial charge on any atom is -0.390 e. The lowest BCUT2D eigenvalue weighted by Gasteiger charge is -2.21. The molecule has 0 unspecified atom stereocenters. The molecule has 6 nitrogen and oxygen atoms in total. The van der Waals surface area contributed by atoms with E-state index in [2.05, 4.69) is 9.97 Å². The highest BCUT2D eigenvalue weighted by Crippen LogP contribution is 2.37. The summed E-state index contributed by atoms with van der Waals surface area (Å²) in [4.78, 5) is 22.9. The molecule has 0 fully saturated rings. The largest absolute Gasteiger partial charge is 0.418 e. The fourth-order valence-corrected chi connectivity index (χ4v) is 3.04. The van der Waals surface area contributed by atoms with Gasteiger partial charge in [0, 0.05) is 11.8 Å². The lowest BCUT2D eigenvalue weighted by atomic mass is 10.00. The van der Waals surface area contributed by atoms with E-state index in [9.17, 15) is 23.1 Å². The third-order valence-corrected chi connectivity index (χ3v) is 4.23. The van der Waals surface area contributed by atoms with E-state index < -0.39 is 24.1 Å². The standard InChI is InChI=1S/C20H19F3N4O2/c1-26(2)11-17-25-10-13(12-28)27(17)18-14(6-5-7-15(18)20(21,22)23)19(29)16-8-3-4-9-24-16/h3-10,28H,11-12H2,1-2H3. The Hall–Kier alpha value is -3.04. The van der Waals surface area contributed by atoms with E-state index in [0.29, 0.717) is 0 Å². The third kappa shape index (κ3) is 4.20. The Kier molecular flexibility index (Phi) is 5.81. The van der Waals surface area contributed by atoms with Crippen molar-refractivity contribution >= 4 is 5.78 Å². The van der Waals surface area contributed by atoms with Gasteiger partial charge in [-0.25, -0.2) is 4.98 Å². The average Bonchev–Trinajstić information content (AvgIpc) is 3.08. The summed E-state index contributed by atoms with van der Waals surface area (Å²) in [5, 5.41) is 9.71. The minimum atomic E-state index is -4.72. The first-order valence-corrected chi connectivity index (χ1v) is 8.71. The molecule has 3 rings (SSSR count). The summed E-state index contributed by atoms with van der Waals surface area (Å²) in [6.07, 6.45) is -2.02.